The van der Waals surface area contributed by atoms with Gasteiger partial charge in [-0.25, -0.2) is 9.97 Å². The number of thioether (sulfide) groups is 1. The van der Waals surface area contributed by atoms with E-state index in [9.17, 15) is 4.79 Å². The molecule has 3 N–H and O–H groups in total. The Morgan fingerprint density at radius 1 is 1.50 bits per heavy atom. The largest absolute Gasteiger partial charge is 0.383 e. The fourth-order valence-corrected chi connectivity index (χ4v) is 2.34. The number of rotatable bonds is 2. The molecule has 2 rings (SSSR count). The molecule has 0 atom stereocenters. The number of hydrogen-bond acceptors (Lipinski definition) is 6. The van der Waals surface area contributed by atoms with Gasteiger partial charge in [0.1, 0.15) is 17.2 Å². The average molecular weight is 267 g/mol. The van der Waals surface area contributed by atoms with E-state index >= 15 is 0 Å². The summed E-state index contributed by atoms with van der Waals surface area (Å²) in [7, 11) is 0. The van der Waals surface area contributed by atoms with Crippen LogP contribution in [-0.4, -0.2) is 40.8 Å². The van der Waals surface area contributed by atoms with Crippen molar-refractivity contribution in [2.24, 2.45) is 0 Å². The molecule has 98 valence electrons. The Hall–Kier alpha value is -1.50. The number of piperazine rings is 1. The molecule has 0 saturated carbocycles. The highest BCUT2D eigenvalue weighted by atomic mass is 32.2. The van der Waals surface area contributed by atoms with Crippen LogP contribution in [0, 0.1) is 0 Å². The molecular formula is C11H17N5OS. The van der Waals surface area contributed by atoms with E-state index in [4.69, 9.17) is 5.73 Å². The summed E-state index contributed by atoms with van der Waals surface area (Å²) in [5.74, 6) is 1.12. The molecule has 1 aliphatic rings. The summed E-state index contributed by atoms with van der Waals surface area (Å²) in [6.07, 6.45) is 1.90. The van der Waals surface area contributed by atoms with Gasteiger partial charge in [-0.3, -0.25) is 4.79 Å². The van der Waals surface area contributed by atoms with E-state index in [0.717, 1.165) is 0 Å². The van der Waals surface area contributed by atoms with E-state index in [0.29, 0.717) is 29.9 Å². The Morgan fingerprint density at radius 2 is 2.22 bits per heavy atom. The van der Waals surface area contributed by atoms with Crippen LogP contribution in [0.1, 0.15) is 13.8 Å². The predicted octanol–water partition coefficient (Wildman–Crippen LogP) is 0.495. The molecule has 1 amide bonds. The van der Waals surface area contributed by atoms with Gasteiger partial charge in [0.15, 0.2) is 5.16 Å². The summed E-state index contributed by atoms with van der Waals surface area (Å²) in [4.78, 5) is 22.4. The van der Waals surface area contributed by atoms with Gasteiger partial charge in [-0.2, -0.15) is 0 Å². The topological polar surface area (TPSA) is 84.1 Å². The minimum absolute atomic E-state index is 0.00312. The van der Waals surface area contributed by atoms with E-state index in [1.165, 1.54) is 11.8 Å². The number of hydrogen-bond donors (Lipinski definition) is 2. The summed E-state index contributed by atoms with van der Waals surface area (Å²) < 4.78 is 0. The second-order valence-corrected chi connectivity index (χ2v) is 5.38. The standard InChI is InChI=1S/C11H17N5OS/c1-11(2)9(17)13-4-5-16(11)8-6-7(12)14-10(15-8)18-3/h6H,4-5H2,1-3H3,(H,13,17)(H2,12,14,15). The second kappa shape index (κ2) is 4.64. The number of nitrogens with zero attached hydrogens (tertiary/aromatic N) is 3. The normalized spacial score (nSPS) is 18.6. The zero-order valence-electron chi connectivity index (χ0n) is 10.7. The van der Waals surface area contributed by atoms with Crippen molar-refractivity contribution >= 4 is 29.3 Å². The number of aromatic nitrogens is 2. The van der Waals surface area contributed by atoms with Crippen molar-refractivity contribution in [2.75, 3.05) is 30.0 Å². The van der Waals surface area contributed by atoms with Gasteiger partial charge < -0.3 is 16.0 Å². The molecule has 1 aromatic rings. The van der Waals surface area contributed by atoms with Gasteiger partial charge in [0.05, 0.1) is 0 Å². The molecule has 0 radical (unpaired) electrons. The molecule has 1 fully saturated rings. The number of nitrogens with one attached hydrogen (secondary N) is 1. The van der Waals surface area contributed by atoms with Crippen molar-refractivity contribution in [1.82, 2.24) is 15.3 Å². The third kappa shape index (κ3) is 2.22. The van der Waals surface area contributed by atoms with Crippen LogP contribution < -0.4 is 16.0 Å². The predicted molar refractivity (Wildman–Crippen MR) is 72.7 cm³/mol. The summed E-state index contributed by atoms with van der Waals surface area (Å²) >= 11 is 1.43. The molecule has 1 aliphatic heterocycles. The van der Waals surface area contributed by atoms with Crippen molar-refractivity contribution in [3.8, 4) is 0 Å². The van der Waals surface area contributed by atoms with Crippen LogP contribution in [-0.2, 0) is 4.79 Å². The Balaban J connectivity index is 2.41. The van der Waals surface area contributed by atoms with Crippen LogP contribution in [0.5, 0.6) is 0 Å². The molecule has 0 aliphatic carbocycles. The number of nitrogen functional groups attached to an aromatic ring is 1. The molecule has 18 heavy (non-hydrogen) atoms. The van der Waals surface area contributed by atoms with Crippen molar-refractivity contribution in [3.05, 3.63) is 6.07 Å². The maximum absolute atomic E-state index is 11.9. The van der Waals surface area contributed by atoms with Gasteiger partial charge in [-0.15, -0.1) is 0 Å². The van der Waals surface area contributed by atoms with Crippen molar-refractivity contribution in [1.29, 1.82) is 0 Å². The van der Waals surface area contributed by atoms with Crippen LogP contribution in [0.15, 0.2) is 11.2 Å². The number of amides is 1. The molecule has 6 nitrogen and oxygen atoms in total. The summed E-state index contributed by atoms with van der Waals surface area (Å²) in [6.45, 7) is 5.07. The SMILES string of the molecule is CSc1nc(N)cc(N2CCNC(=O)C2(C)C)n1. The number of nitrogens with two attached hydrogens (primary N) is 1. The Labute approximate surface area is 110 Å². The molecule has 0 unspecified atom stereocenters. The molecule has 2 heterocycles. The summed E-state index contributed by atoms with van der Waals surface area (Å²) in [6, 6.07) is 1.71. The third-order valence-electron chi connectivity index (χ3n) is 3.02. The van der Waals surface area contributed by atoms with Crippen molar-refractivity contribution in [3.63, 3.8) is 0 Å². The lowest BCUT2D eigenvalue weighted by molar-refractivity contribution is -0.126. The first-order chi connectivity index (χ1) is 8.45. The first-order valence-corrected chi connectivity index (χ1v) is 6.92. The van der Waals surface area contributed by atoms with Gasteiger partial charge in [0.2, 0.25) is 5.91 Å². The number of carbonyl (C=O) groups excluding carboxylic acids is 1. The van der Waals surface area contributed by atoms with Gasteiger partial charge >= 0.3 is 0 Å². The zero-order valence-corrected chi connectivity index (χ0v) is 11.5. The highest BCUT2D eigenvalue weighted by Crippen LogP contribution is 2.26. The van der Waals surface area contributed by atoms with Crippen LogP contribution in [0.4, 0.5) is 11.6 Å². The Kier molecular flexibility index (Phi) is 3.34. The quantitative estimate of drug-likeness (QED) is 0.599. The lowest BCUT2D eigenvalue weighted by Gasteiger charge is -2.42. The molecule has 1 saturated heterocycles. The van der Waals surface area contributed by atoms with Gasteiger partial charge in [0, 0.05) is 19.2 Å². The van der Waals surface area contributed by atoms with E-state index in [1.807, 2.05) is 25.0 Å². The summed E-state index contributed by atoms with van der Waals surface area (Å²) in [5, 5.41) is 3.47. The molecule has 0 bridgehead atoms. The van der Waals surface area contributed by atoms with E-state index in [2.05, 4.69) is 15.3 Å². The van der Waals surface area contributed by atoms with Crippen LogP contribution in [0.25, 0.3) is 0 Å². The maximum atomic E-state index is 11.9. The Bertz CT molecular complexity index is 477. The summed E-state index contributed by atoms with van der Waals surface area (Å²) in [5.41, 5.74) is 5.14. The first-order valence-electron chi connectivity index (χ1n) is 5.69. The average Bonchev–Trinajstić information content (AvgIpc) is 2.31. The lowest BCUT2D eigenvalue weighted by Crippen LogP contribution is -2.62. The van der Waals surface area contributed by atoms with Crippen molar-refractivity contribution < 1.29 is 4.79 Å². The van der Waals surface area contributed by atoms with Gasteiger partial charge in [0.25, 0.3) is 0 Å². The van der Waals surface area contributed by atoms with Crippen LogP contribution in [0.3, 0.4) is 0 Å². The molecule has 7 heteroatoms. The lowest BCUT2D eigenvalue weighted by atomic mass is 9.99. The van der Waals surface area contributed by atoms with Gasteiger partial charge in [-0.05, 0) is 20.1 Å². The number of carbonyl (C=O) groups is 1. The smallest absolute Gasteiger partial charge is 0.245 e. The van der Waals surface area contributed by atoms with Crippen molar-refractivity contribution in [2.45, 2.75) is 24.5 Å². The third-order valence-corrected chi connectivity index (χ3v) is 3.57. The van der Waals surface area contributed by atoms with Crippen LogP contribution in [0.2, 0.25) is 0 Å². The molecule has 0 aromatic carbocycles. The second-order valence-electron chi connectivity index (χ2n) is 4.60. The Morgan fingerprint density at radius 3 is 2.89 bits per heavy atom. The van der Waals surface area contributed by atoms with Gasteiger partial charge in [-0.1, -0.05) is 11.8 Å². The van der Waals surface area contributed by atoms with E-state index in [-0.39, 0.29) is 5.91 Å². The molecule has 0 spiro atoms. The van der Waals surface area contributed by atoms with Crippen LogP contribution >= 0.6 is 11.8 Å². The molecule has 1 aromatic heterocycles. The first kappa shape index (κ1) is 12.9. The maximum Gasteiger partial charge on any atom is 0.245 e. The monoisotopic (exact) mass is 267 g/mol. The minimum atomic E-state index is -0.630. The highest BCUT2D eigenvalue weighted by molar-refractivity contribution is 7.98. The molecular weight excluding hydrogens is 250 g/mol. The fraction of sp³-hybridized carbons (Fsp3) is 0.545. The fourth-order valence-electron chi connectivity index (χ4n) is 1.96. The number of anilines is 2. The van der Waals surface area contributed by atoms with E-state index < -0.39 is 5.54 Å². The minimum Gasteiger partial charge on any atom is -0.383 e. The van der Waals surface area contributed by atoms with E-state index in [1.54, 1.807) is 6.07 Å². The highest BCUT2D eigenvalue weighted by Gasteiger charge is 2.38. The zero-order chi connectivity index (χ0) is 13.3.